The predicted octanol–water partition coefficient (Wildman–Crippen LogP) is 1.76. The second kappa shape index (κ2) is 14.0. The number of carbonyl (C=O) groups is 1. The van der Waals surface area contributed by atoms with Crippen LogP contribution in [0.2, 0.25) is 0 Å². The van der Waals surface area contributed by atoms with Crippen molar-refractivity contribution in [2.45, 2.75) is 19.8 Å². The van der Waals surface area contributed by atoms with Crippen molar-refractivity contribution in [1.82, 2.24) is 20.4 Å². The van der Waals surface area contributed by atoms with Gasteiger partial charge < -0.3 is 20.4 Å². The molecule has 0 saturated carbocycles. The summed E-state index contributed by atoms with van der Waals surface area (Å²) in [6, 6.07) is 8.71. The van der Waals surface area contributed by atoms with E-state index in [-0.39, 0.29) is 30.7 Å². The van der Waals surface area contributed by atoms with Crippen molar-refractivity contribution in [1.29, 1.82) is 0 Å². The first-order valence-electron chi connectivity index (χ1n) is 10.4. The minimum Gasteiger partial charge on any atom is -0.369 e. The zero-order valence-corrected chi connectivity index (χ0v) is 19.2. The fourth-order valence-electron chi connectivity index (χ4n) is 3.87. The third-order valence-corrected chi connectivity index (χ3v) is 5.58. The van der Waals surface area contributed by atoms with Gasteiger partial charge in [-0.3, -0.25) is 9.69 Å². The Morgan fingerprint density at radius 3 is 2.38 bits per heavy atom. The predicted molar refractivity (Wildman–Crippen MR) is 126 cm³/mol. The van der Waals surface area contributed by atoms with E-state index in [4.69, 9.17) is 0 Å². The molecule has 0 atom stereocenters. The van der Waals surface area contributed by atoms with Gasteiger partial charge in [0.1, 0.15) is 0 Å². The van der Waals surface area contributed by atoms with Crippen LogP contribution in [0.1, 0.15) is 18.4 Å². The zero-order chi connectivity index (χ0) is 18.9. The van der Waals surface area contributed by atoms with Gasteiger partial charge in [-0.1, -0.05) is 12.1 Å². The molecule has 0 aliphatic carbocycles. The van der Waals surface area contributed by atoms with Crippen LogP contribution in [0.5, 0.6) is 0 Å². The number of piperazine rings is 2. The Morgan fingerprint density at radius 2 is 1.69 bits per heavy atom. The van der Waals surface area contributed by atoms with Crippen LogP contribution in [0.3, 0.4) is 0 Å². The van der Waals surface area contributed by atoms with Crippen LogP contribution in [0.15, 0.2) is 24.3 Å². The van der Waals surface area contributed by atoms with Crippen LogP contribution in [0.4, 0.5) is 5.69 Å². The molecule has 3 rings (SSSR count). The van der Waals surface area contributed by atoms with Crippen LogP contribution < -0.4 is 15.5 Å². The molecule has 0 unspecified atom stereocenters. The number of anilines is 1. The molecule has 2 N–H and O–H groups in total. The number of aryl methyl sites for hydroxylation is 1. The lowest BCUT2D eigenvalue weighted by Gasteiger charge is -2.36. The zero-order valence-electron chi connectivity index (χ0n) is 17.6. The lowest BCUT2D eigenvalue weighted by Crippen LogP contribution is -2.47. The van der Waals surface area contributed by atoms with E-state index in [1.165, 1.54) is 11.3 Å². The standard InChI is InChI=1S/C21H35N5O.2ClH/c1-19-4-2-5-20(18-19)26-16-14-25(15-17-26)11-6-21(27)23-7-3-10-24-12-8-22-9-13-24;;/h2,4-5,18,22H,3,6-17H2,1H3,(H,23,27);2*1H. The van der Waals surface area contributed by atoms with Crippen molar-refractivity contribution in [3.05, 3.63) is 29.8 Å². The van der Waals surface area contributed by atoms with E-state index >= 15 is 0 Å². The summed E-state index contributed by atoms with van der Waals surface area (Å²) in [4.78, 5) is 19.4. The maximum atomic E-state index is 12.1. The van der Waals surface area contributed by atoms with Gasteiger partial charge in [-0.15, -0.1) is 24.8 Å². The van der Waals surface area contributed by atoms with Crippen molar-refractivity contribution < 1.29 is 4.79 Å². The summed E-state index contributed by atoms with van der Waals surface area (Å²) in [5.74, 6) is 0.191. The SMILES string of the molecule is Cc1cccc(N2CCN(CCC(=O)NCCCN3CCNCC3)CC2)c1.Cl.Cl. The highest BCUT2D eigenvalue weighted by Crippen LogP contribution is 2.17. The Balaban J connectivity index is 0.00000210. The smallest absolute Gasteiger partial charge is 0.221 e. The number of rotatable bonds is 8. The molecule has 2 heterocycles. The summed E-state index contributed by atoms with van der Waals surface area (Å²) in [7, 11) is 0. The molecule has 1 amide bonds. The summed E-state index contributed by atoms with van der Waals surface area (Å²) in [5.41, 5.74) is 2.63. The van der Waals surface area contributed by atoms with E-state index in [0.29, 0.717) is 6.42 Å². The fraction of sp³-hybridized carbons (Fsp3) is 0.667. The van der Waals surface area contributed by atoms with E-state index in [2.05, 4.69) is 56.5 Å². The average Bonchev–Trinajstić information content (AvgIpc) is 2.71. The fourth-order valence-corrected chi connectivity index (χ4v) is 3.87. The quantitative estimate of drug-likeness (QED) is 0.597. The van der Waals surface area contributed by atoms with Crippen molar-refractivity contribution in [3.63, 3.8) is 0 Å². The lowest BCUT2D eigenvalue weighted by atomic mass is 10.2. The molecule has 0 aromatic heterocycles. The highest BCUT2D eigenvalue weighted by Gasteiger charge is 2.17. The molecule has 1 aromatic rings. The van der Waals surface area contributed by atoms with Gasteiger partial charge in [-0.05, 0) is 37.6 Å². The van der Waals surface area contributed by atoms with Crippen molar-refractivity contribution >= 4 is 36.4 Å². The molecule has 0 bridgehead atoms. The number of amides is 1. The van der Waals surface area contributed by atoms with Crippen molar-refractivity contribution in [3.8, 4) is 0 Å². The first-order chi connectivity index (χ1) is 13.2. The summed E-state index contributed by atoms with van der Waals surface area (Å²) >= 11 is 0. The second-order valence-electron chi connectivity index (χ2n) is 7.71. The normalized spacial score (nSPS) is 17.9. The second-order valence-corrected chi connectivity index (χ2v) is 7.71. The Kier molecular flexibility index (Phi) is 12.6. The number of hydrogen-bond donors (Lipinski definition) is 2. The summed E-state index contributed by atoms with van der Waals surface area (Å²) < 4.78 is 0. The maximum absolute atomic E-state index is 12.1. The Morgan fingerprint density at radius 1 is 1.00 bits per heavy atom. The maximum Gasteiger partial charge on any atom is 0.221 e. The van der Waals surface area contributed by atoms with Crippen molar-refractivity contribution in [2.75, 3.05) is 76.9 Å². The van der Waals surface area contributed by atoms with Crippen LogP contribution >= 0.6 is 24.8 Å². The molecule has 8 heteroatoms. The molecular formula is C21H37Cl2N5O. The average molecular weight is 446 g/mol. The Hall–Kier alpha value is -1.05. The minimum atomic E-state index is 0. The number of nitrogens with one attached hydrogen (secondary N) is 2. The minimum absolute atomic E-state index is 0. The molecule has 2 fully saturated rings. The largest absolute Gasteiger partial charge is 0.369 e. The Bertz CT molecular complexity index is 590. The van der Waals surface area contributed by atoms with E-state index in [9.17, 15) is 4.79 Å². The summed E-state index contributed by atoms with van der Waals surface area (Å²) in [6.45, 7) is 13.5. The van der Waals surface area contributed by atoms with E-state index in [1.807, 2.05) is 0 Å². The van der Waals surface area contributed by atoms with Crippen molar-refractivity contribution in [2.24, 2.45) is 0 Å². The van der Waals surface area contributed by atoms with E-state index in [0.717, 1.165) is 78.4 Å². The van der Waals surface area contributed by atoms with Crippen LogP contribution in [-0.4, -0.2) is 87.7 Å². The van der Waals surface area contributed by atoms with Gasteiger partial charge in [0.05, 0.1) is 0 Å². The first kappa shape index (κ1) is 26.0. The molecule has 166 valence electrons. The topological polar surface area (TPSA) is 50.9 Å². The number of hydrogen-bond acceptors (Lipinski definition) is 5. The summed E-state index contributed by atoms with van der Waals surface area (Å²) in [6.07, 6.45) is 1.65. The third-order valence-electron chi connectivity index (χ3n) is 5.58. The Labute approximate surface area is 188 Å². The van der Waals surface area contributed by atoms with E-state index < -0.39 is 0 Å². The van der Waals surface area contributed by atoms with Crippen LogP contribution in [-0.2, 0) is 4.79 Å². The number of nitrogens with zero attached hydrogens (tertiary/aromatic N) is 3. The molecule has 2 saturated heterocycles. The van der Waals surface area contributed by atoms with E-state index in [1.54, 1.807) is 0 Å². The molecule has 29 heavy (non-hydrogen) atoms. The molecule has 0 radical (unpaired) electrons. The third kappa shape index (κ3) is 9.09. The van der Waals surface area contributed by atoms with Crippen LogP contribution in [0.25, 0.3) is 0 Å². The lowest BCUT2D eigenvalue weighted by molar-refractivity contribution is -0.121. The van der Waals surface area contributed by atoms with Gasteiger partial charge in [0.25, 0.3) is 0 Å². The van der Waals surface area contributed by atoms with Gasteiger partial charge in [0, 0.05) is 77.6 Å². The van der Waals surface area contributed by atoms with Gasteiger partial charge in [-0.2, -0.15) is 0 Å². The van der Waals surface area contributed by atoms with Gasteiger partial charge in [0.2, 0.25) is 5.91 Å². The van der Waals surface area contributed by atoms with Gasteiger partial charge in [-0.25, -0.2) is 0 Å². The number of halogens is 2. The highest BCUT2D eigenvalue weighted by atomic mass is 35.5. The molecule has 2 aliphatic rings. The van der Waals surface area contributed by atoms with Gasteiger partial charge in [0.15, 0.2) is 0 Å². The monoisotopic (exact) mass is 445 g/mol. The first-order valence-corrected chi connectivity index (χ1v) is 10.4. The summed E-state index contributed by atoms with van der Waals surface area (Å²) in [5, 5.41) is 6.45. The van der Waals surface area contributed by atoms with Crippen LogP contribution in [0, 0.1) is 6.92 Å². The number of benzene rings is 1. The molecule has 2 aliphatic heterocycles. The molecular weight excluding hydrogens is 409 g/mol. The molecule has 1 aromatic carbocycles. The number of carbonyl (C=O) groups excluding carboxylic acids is 1. The molecule has 0 spiro atoms. The highest BCUT2D eigenvalue weighted by molar-refractivity contribution is 5.85. The van der Waals surface area contributed by atoms with Gasteiger partial charge >= 0.3 is 0 Å². The molecule has 6 nitrogen and oxygen atoms in total.